The molecule has 0 aromatic heterocycles. The van der Waals surface area contributed by atoms with E-state index in [2.05, 4.69) is 18.9 Å². The summed E-state index contributed by atoms with van der Waals surface area (Å²) < 4.78 is 0. The summed E-state index contributed by atoms with van der Waals surface area (Å²) in [5.74, 6) is 0.930. The van der Waals surface area contributed by atoms with Crippen LogP contribution in [-0.4, -0.2) is 36.2 Å². The van der Waals surface area contributed by atoms with Crippen molar-refractivity contribution in [1.29, 1.82) is 0 Å². The lowest BCUT2D eigenvalue weighted by molar-refractivity contribution is 0.155. The first-order valence-electron chi connectivity index (χ1n) is 4.05. The van der Waals surface area contributed by atoms with Gasteiger partial charge in [-0.2, -0.15) is 0 Å². The molecule has 1 aliphatic rings. The minimum atomic E-state index is 0.281. The molecule has 60 valence electrons. The first-order valence-corrected chi connectivity index (χ1v) is 4.05. The van der Waals surface area contributed by atoms with Gasteiger partial charge < -0.3 is 10.0 Å². The van der Waals surface area contributed by atoms with Gasteiger partial charge >= 0.3 is 0 Å². The Bertz CT molecular complexity index is 101. The van der Waals surface area contributed by atoms with E-state index in [1.165, 1.54) is 19.4 Å². The van der Waals surface area contributed by atoms with E-state index in [-0.39, 0.29) is 6.61 Å². The lowest BCUT2D eigenvalue weighted by Crippen LogP contribution is -2.33. The third-order valence-electron chi connectivity index (χ3n) is 2.26. The third kappa shape index (κ3) is 2.27. The summed E-state index contributed by atoms with van der Waals surface area (Å²) in [6.45, 7) is 3.51. The van der Waals surface area contributed by atoms with E-state index in [1.807, 2.05) is 0 Å². The van der Waals surface area contributed by atoms with E-state index in [0.717, 1.165) is 5.92 Å². The summed E-state index contributed by atoms with van der Waals surface area (Å²) in [4.78, 5) is 2.23. The van der Waals surface area contributed by atoms with Crippen molar-refractivity contribution >= 4 is 0 Å². The fraction of sp³-hybridized carbons (Fsp3) is 1.00. The van der Waals surface area contributed by atoms with Gasteiger partial charge in [-0.3, -0.25) is 0 Å². The van der Waals surface area contributed by atoms with E-state index in [0.29, 0.717) is 6.04 Å². The summed E-state index contributed by atoms with van der Waals surface area (Å²) in [6, 6.07) is 0.334. The van der Waals surface area contributed by atoms with Crippen molar-refractivity contribution in [3.63, 3.8) is 0 Å². The van der Waals surface area contributed by atoms with Gasteiger partial charge in [0.1, 0.15) is 0 Å². The van der Waals surface area contributed by atoms with E-state index in [4.69, 9.17) is 5.11 Å². The highest BCUT2D eigenvalue weighted by Crippen LogP contribution is 2.29. The van der Waals surface area contributed by atoms with Crippen LogP contribution in [0, 0.1) is 5.92 Å². The molecule has 0 saturated heterocycles. The normalized spacial score (nSPS) is 21.6. The molecule has 0 heterocycles. The molecule has 1 fully saturated rings. The van der Waals surface area contributed by atoms with Gasteiger partial charge in [-0.25, -0.2) is 0 Å². The van der Waals surface area contributed by atoms with Crippen molar-refractivity contribution in [2.75, 3.05) is 20.2 Å². The van der Waals surface area contributed by atoms with Crippen molar-refractivity contribution in [1.82, 2.24) is 4.90 Å². The van der Waals surface area contributed by atoms with Gasteiger partial charge in [0.2, 0.25) is 0 Å². The zero-order chi connectivity index (χ0) is 7.56. The van der Waals surface area contributed by atoms with Crippen LogP contribution in [0.1, 0.15) is 19.8 Å². The number of hydrogen-bond donors (Lipinski definition) is 1. The van der Waals surface area contributed by atoms with E-state index in [9.17, 15) is 0 Å². The lowest BCUT2D eigenvalue weighted by Gasteiger charge is -2.22. The molecule has 0 radical (unpaired) electrons. The maximum atomic E-state index is 8.80. The van der Waals surface area contributed by atoms with Gasteiger partial charge in [0, 0.05) is 12.6 Å². The summed E-state index contributed by atoms with van der Waals surface area (Å²) in [5, 5.41) is 8.80. The van der Waals surface area contributed by atoms with E-state index < -0.39 is 0 Å². The Kier molecular flexibility index (Phi) is 2.69. The summed E-state index contributed by atoms with van der Waals surface area (Å²) >= 11 is 0. The van der Waals surface area contributed by atoms with E-state index in [1.54, 1.807) is 0 Å². The molecular weight excluding hydrogens is 126 g/mol. The van der Waals surface area contributed by atoms with Crippen LogP contribution in [0.3, 0.4) is 0 Å². The molecule has 1 saturated carbocycles. The molecule has 2 heteroatoms. The molecule has 0 aromatic rings. The summed E-state index contributed by atoms with van der Waals surface area (Å²) in [6.07, 6.45) is 2.78. The number of aliphatic hydroxyl groups excluding tert-OH is 1. The van der Waals surface area contributed by atoms with Gasteiger partial charge in [-0.1, -0.05) is 0 Å². The number of rotatable bonds is 4. The van der Waals surface area contributed by atoms with Gasteiger partial charge in [0.05, 0.1) is 6.61 Å². The first-order chi connectivity index (χ1) is 4.74. The number of hydrogen-bond acceptors (Lipinski definition) is 2. The predicted molar refractivity (Wildman–Crippen MR) is 41.9 cm³/mol. The minimum Gasteiger partial charge on any atom is -0.395 e. The van der Waals surface area contributed by atoms with Crippen LogP contribution in [0.15, 0.2) is 0 Å². The molecule has 0 amide bonds. The maximum Gasteiger partial charge on any atom is 0.0584 e. The number of likely N-dealkylation sites (N-methyl/N-ethyl adjacent to an activating group) is 1. The highest BCUT2D eigenvalue weighted by Gasteiger charge is 2.24. The Hall–Kier alpha value is -0.0800. The molecule has 0 aromatic carbocycles. The van der Waals surface area contributed by atoms with E-state index >= 15 is 0 Å². The highest BCUT2D eigenvalue weighted by atomic mass is 16.3. The molecule has 0 unspecified atom stereocenters. The second-order valence-electron chi connectivity index (χ2n) is 3.41. The largest absolute Gasteiger partial charge is 0.395 e. The van der Waals surface area contributed by atoms with Crippen LogP contribution >= 0.6 is 0 Å². The quantitative estimate of drug-likeness (QED) is 0.626. The molecular formula is C8H17NO. The predicted octanol–water partition coefficient (Wildman–Crippen LogP) is 0.709. The van der Waals surface area contributed by atoms with Crippen molar-refractivity contribution < 1.29 is 5.11 Å². The minimum absolute atomic E-state index is 0.281. The number of aliphatic hydroxyl groups is 1. The maximum absolute atomic E-state index is 8.80. The second-order valence-corrected chi connectivity index (χ2v) is 3.41. The average Bonchev–Trinajstić information content (AvgIpc) is 2.70. The molecule has 0 spiro atoms. The van der Waals surface area contributed by atoms with Crippen molar-refractivity contribution in [3.8, 4) is 0 Å². The molecule has 1 atom stereocenters. The fourth-order valence-electron chi connectivity index (χ4n) is 1.03. The standard InChI is InChI=1S/C8H17NO/c1-7(6-10)9(2)5-8-3-4-8/h7-8,10H,3-6H2,1-2H3/t7-/m1/s1. The fourth-order valence-corrected chi connectivity index (χ4v) is 1.03. The Morgan fingerprint density at radius 1 is 1.60 bits per heavy atom. The van der Waals surface area contributed by atoms with Gasteiger partial charge in [-0.05, 0) is 32.7 Å². The van der Waals surface area contributed by atoms with Gasteiger partial charge in [-0.15, -0.1) is 0 Å². The molecule has 1 aliphatic carbocycles. The Morgan fingerprint density at radius 2 is 2.20 bits per heavy atom. The van der Waals surface area contributed by atoms with Crippen molar-refractivity contribution in [2.45, 2.75) is 25.8 Å². The molecule has 1 rings (SSSR count). The SMILES string of the molecule is C[C@H](CO)N(C)CC1CC1. The zero-order valence-corrected chi connectivity index (χ0v) is 6.88. The second kappa shape index (κ2) is 3.35. The smallest absolute Gasteiger partial charge is 0.0584 e. The Labute approximate surface area is 62.8 Å². The molecule has 1 N–H and O–H groups in total. The Morgan fingerprint density at radius 3 is 2.60 bits per heavy atom. The van der Waals surface area contributed by atoms with Gasteiger partial charge in [0.15, 0.2) is 0 Å². The van der Waals surface area contributed by atoms with Gasteiger partial charge in [0.25, 0.3) is 0 Å². The molecule has 2 nitrogen and oxygen atoms in total. The van der Waals surface area contributed by atoms with Crippen molar-refractivity contribution in [3.05, 3.63) is 0 Å². The van der Waals surface area contributed by atoms with Crippen LogP contribution in [0.25, 0.3) is 0 Å². The van der Waals surface area contributed by atoms with Crippen molar-refractivity contribution in [2.24, 2.45) is 5.92 Å². The average molecular weight is 143 g/mol. The summed E-state index contributed by atoms with van der Waals surface area (Å²) in [5.41, 5.74) is 0. The molecule has 0 bridgehead atoms. The molecule has 10 heavy (non-hydrogen) atoms. The Balaban J connectivity index is 2.11. The summed E-state index contributed by atoms with van der Waals surface area (Å²) in [7, 11) is 2.08. The van der Waals surface area contributed by atoms with Crippen LogP contribution in [-0.2, 0) is 0 Å². The number of nitrogens with zero attached hydrogens (tertiary/aromatic N) is 1. The van der Waals surface area contributed by atoms with Crippen LogP contribution in [0.5, 0.6) is 0 Å². The first kappa shape index (κ1) is 8.02. The monoisotopic (exact) mass is 143 g/mol. The van der Waals surface area contributed by atoms with Crippen LogP contribution < -0.4 is 0 Å². The zero-order valence-electron chi connectivity index (χ0n) is 6.88. The van der Waals surface area contributed by atoms with Crippen LogP contribution in [0.2, 0.25) is 0 Å². The third-order valence-corrected chi connectivity index (χ3v) is 2.26. The lowest BCUT2D eigenvalue weighted by atomic mass is 10.3. The topological polar surface area (TPSA) is 23.5 Å². The van der Waals surface area contributed by atoms with Crippen LogP contribution in [0.4, 0.5) is 0 Å². The molecule has 0 aliphatic heterocycles. The highest BCUT2D eigenvalue weighted by molar-refractivity contribution is 4.77.